The Bertz CT molecular complexity index is 534. The summed E-state index contributed by atoms with van der Waals surface area (Å²) in [7, 11) is 5.46. The number of likely N-dealkylation sites (N-methyl/N-ethyl adjacent to an activating group) is 1. The van der Waals surface area contributed by atoms with Crippen molar-refractivity contribution in [2.45, 2.75) is 6.04 Å². The zero-order valence-corrected chi connectivity index (χ0v) is 11.4. The van der Waals surface area contributed by atoms with Crippen molar-refractivity contribution >= 4 is 5.91 Å². The number of hydrogen-bond acceptors (Lipinski definition) is 4. The third-order valence-corrected chi connectivity index (χ3v) is 3.27. The Kier molecular flexibility index (Phi) is 3.72. The lowest BCUT2D eigenvalue weighted by Gasteiger charge is -2.22. The smallest absolute Gasteiger partial charge is 0.255 e. The first-order valence-corrected chi connectivity index (χ1v) is 6.11. The second-order valence-corrected chi connectivity index (χ2v) is 4.79. The lowest BCUT2D eigenvalue weighted by Crippen LogP contribution is -2.34. The number of carbonyl (C=O) groups excluding carboxylic acids is 1. The van der Waals surface area contributed by atoms with Gasteiger partial charge in [0.25, 0.3) is 5.91 Å². The van der Waals surface area contributed by atoms with Gasteiger partial charge >= 0.3 is 0 Å². The van der Waals surface area contributed by atoms with E-state index in [1.165, 1.54) is 0 Å². The first kappa shape index (κ1) is 13.4. The maximum absolute atomic E-state index is 12.3. The fraction of sp³-hybridized carbons (Fsp3) is 0.429. The number of carbonyl (C=O) groups is 1. The number of amides is 1. The van der Waals surface area contributed by atoms with Crippen LogP contribution in [0.4, 0.5) is 0 Å². The zero-order chi connectivity index (χ0) is 14.0. The first-order chi connectivity index (χ1) is 9.08. The molecule has 0 radical (unpaired) electrons. The van der Waals surface area contributed by atoms with E-state index < -0.39 is 6.04 Å². The quantitative estimate of drug-likeness (QED) is 0.817. The summed E-state index contributed by atoms with van der Waals surface area (Å²) in [5.41, 5.74) is 1.34. The van der Waals surface area contributed by atoms with Crippen LogP contribution in [0.5, 0.6) is 5.75 Å². The van der Waals surface area contributed by atoms with Gasteiger partial charge in [-0.25, -0.2) is 0 Å². The molecule has 0 fully saturated rings. The first-order valence-electron chi connectivity index (χ1n) is 6.11. The SMILES string of the molecule is COc1ccc2c(c1)C(C#N)N(CCN(C)C)C2=O. The Balaban J connectivity index is 2.32. The van der Waals surface area contributed by atoms with Crippen molar-refractivity contribution in [2.24, 2.45) is 0 Å². The van der Waals surface area contributed by atoms with Gasteiger partial charge in [-0.2, -0.15) is 5.26 Å². The monoisotopic (exact) mass is 259 g/mol. The largest absolute Gasteiger partial charge is 0.497 e. The number of hydrogen-bond donors (Lipinski definition) is 0. The molecule has 0 aliphatic carbocycles. The third-order valence-electron chi connectivity index (χ3n) is 3.27. The molecule has 1 aromatic rings. The summed E-state index contributed by atoms with van der Waals surface area (Å²) in [5.74, 6) is 0.590. The Morgan fingerprint density at radius 3 is 2.79 bits per heavy atom. The van der Waals surface area contributed by atoms with Crippen LogP contribution < -0.4 is 4.74 Å². The molecule has 5 heteroatoms. The van der Waals surface area contributed by atoms with E-state index in [0.717, 1.165) is 12.1 Å². The Morgan fingerprint density at radius 2 is 2.21 bits per heavy atom. The maximum Gasteiger partial charge on any atom is 0.255 e. The van der Waals surface area contributed by atoms with Crippen molar-refractivity contribution in [3.8, 4) is 11.8 Å². The van der Waals surface area contributed by atoms with Crippen LogP contribution in [0.25, 0.3) is 0 Å². The summed E-state index contributed by atoms with van der Waals surface area (Å²) in [6.07, 6.45) is 0. The summed E-state index contributed by atoms with van der Waals surface area (Å²) < 4.78 is 5.15. The molecule has 100 valence electrons. The second kappa shape index (κ2) is 5.29. The van der Waals surface area contributed by atoms with Gasteiger partial charge in [0.2, 0.25) is 0 Å². The van der Waals surface area contributed by atoms with E-state index >= 15 is 0 Å². The van der Waals surface area contributed by atoms with E-state index in [-0.39, 0.29) is 5.91 Å². The molecular weight excluding hydrogens is 242 g/mol. The molecule has 0 N–H and O–H groups in total. The van der Waals surface area contributed by atoms with Gasteiger partial charge in [-0.05, 0) is 32.3 Å². The summed E-state index contributed by atoms with van der Waals surface area (Å²) >= 11 is 0. The summed E-state index contributed by atoms with van der Waals surface area (Å²) in [6, 6.07) is 6.95. The van der Waals surface area contributed by atoms with E-state index in [9.17, 15) is 10.1 Å². The number of rotatable bonds is 4. The van der Waals surface area contributed by atoms with Gasteiger partial charge in [0.05, 0.1) is 13.2 Å². The van der Waals surface area contributed by atoms with Gasteiger partial charge in [-0.15, -0.1) is 0 Å². The number of nitrogens with zero attached hydrogens (tertiary/aromatic N) is 3. The lowest BCUT2D eigenvalue weighted by atomic mass is 10.1. The van der Waals surface area contributed by atoms with Crippen molar-refractivity contribution in [3.63, 3.8) is 0 Å². The minimum Gasteiger partial charge on any atom is -0.497 e. The van der Waals surface area contributed by atoms with Crippen molar-refractivity contribution in [2.75, 3.05) is 34.3 Å². The van der Waals surface area contributed by atoms with Gasteiger partial charge in [0, 0.05) is 24.2 Å². The number of ether oxygens (including phenoxy) is 1. The van der Waals surface area contributed by atoms with E-state index in [1.807, 2.05) is 19.0 Å². The number of benzene rings is 1. The highest BCUT2D eigenvalue weighted by Gasteiger charge is 2.36. The molecule has 1 heterocycles. The van der Waals surface area contributed by atoms with Gasteiger partial charge in [0.15, 0.2) is 0 Å². The highest BCUT2D eigenvalue weighted by molar-refractivity contribution is 5.99. The van der Waals surface area contributed by atoms with Gasteiger partial charge < -0.3 is 14.5 Å². The minimum atomic E-state index is -0.516. The van der Waals surface area contributed by atoms with Crippen LogP contribution in [0, 0.1) is 11.3 Å². The lowest BCUT2D eigenvalue weighted by molar-refractivity contribution is 0.0746. The van der Waals surface area contributed by atoms with Crippen LogP contribution in [-0.4, -0.2) is 50.0 Å². The maximum atomic E-state index is 12.3. The average Bonchev–Trinajstić information content (AvgIpc) is 2.67. The van der Waals surface area contributed by atoms with Crippen LogP contribution in [0.1, 0.15) is 22.0 Å². The Labute approximate surface area is 113 Å². The molecule has 1 aromatic carbocycles. The topological polar surface area (TPSA) is 56.6 Å². The second-order valence-electron chi connectivity index (χ2n) is 4.79. The molecule has 1 unspecified atom stereocenters. The van der Waals surface area contributed by atoms with Crippen LogP contribution in [-0.2, 0) is 0 Å². The molecule has 1 aliphatic heterocycles. The number of methoxy groups -OCH3 is 1. The number of fused-ring (bicyclic) bond motifs is 1. The molecule has 1 aliphatic rings. The van der Waals surface area contributed by atoms with Crippen LogP contribution in [0.3, 0.4) is 0 Å². The van der Waals surface area contributed by atoms with Crippen LogP contribution >= 0.6 is 0 Å². The molecule has 0 saturated heterocycles. The highest BCUT2D eigenvalue weighted by Crippen LogP contribution is 2.35. The summed E-state index contributed by atoms with van der Waals surface area (Å²) in [6.45, 7) is 1.27. The molecule has 1 atom stereocenters. The van der Waals surface area contributed by atoms with E-state index in [2.05, 4.69) is 6.07 Å². The molecule has 1 amide bonds. The van der Waals surface area contributed by atoms with Crippen LogP contribution in [0.15, 0.2) is 18.2 Å². The fourth-order valence-electron chi connectivity index (χ4n) is 2.21. The van der Waals surface area contributed by atoms with Crippen molar-refractivity contribution in [1.29, 1.82) is 5.26 Å². The summed E-state index contributed by atoms with van der Waals surface area (Å²) in [4.78, 5) is 15.9. The standard InChI is InChI=1S/C14H17N3O2/c1-16(2)6-7-17-13(9-15)12-8-10(19-3)4-5-11(12)14(17)18/h4-5,8,13H,6-7H2,1-3H3. The fourth-order valence-corrected chi connectivity index (χ4v) is 2.21. The predicted molar refractivity (Wildman–Crippen MR) is 70.9 cm³/mol. The van der Waals surface area contributed by atoms with E-state index in [4.69, 9.17) is 4.74 Å². The Hall–Kier alpha value is -2.06. The van der Waals surface area contributed by atoms with E-state index in [1.54, 1.807) is 30.2 Å². The van der Waals surface area contributed by atoms with Gasteiger partial charge in [-0.1, -0.05) is 0 Å². The molecule has 0 saturated carbocycles. The predicted octanol–water partition coefficient (Wildman–Crippen LogP) is 1.28. The van der Waals surface area contributed by atoms with Gasteiger partial charge in [0.1, 0.15) is 11.8 Å². The Morgan fingerprint density at radius 1 is 1.47 bits per heavy atom. The van der Waals surface area contributed by atoms with Gasteiger partial charge in [-0.3, -0.25) is 4.79 Å². The molecule has 0 aromatic heterocycles. The van der Waals surface area contributed by atoms with Crippen molar-refractivity contribution < 1.29 is 9.53 Å². The molecule has 0 bridgehead atoms. The highest BCUT2D eigenvalue weighted by atomic mass is 16.5. The van der Waals surface area contributed by atoms with Crippen molar-refractivity contribution in [3.05, 3.63) is 29.3 Å². The number of nitriles is 1. The normalized spacial score (nSPS) is 17.5. The van der Waals surface area contributed by atoms with Crippen molar-refractivity contribution in [1.82, 2.24) is 9.80 Å². The molecule has 5 nitrogen and oxygen atoms in total. The van der Waals surface area contributed by atoms with Crippen LogP contribution in [0.2, 0.25) is 0 Å². The van der Waals surface area contributed by atoms with E-state index in [0.29, 0.717) is 17.9 Å². The molecular formula is C14H17N3O2. The minimum absolute atomic E-state index is 0.0777. The molecule has 0 spiro atoms. The zero-order valence-electron chi connectivity index (χ0n) is 11.4. The molecule has 19 heavy (non-hydrogen) atoms. The third kappa shape index (κ3) is 2.40. The molecule has 2 rings (SSSR count). The summed E-state index contributed by atoms with van der Waals surface area (Å²) in [5, 5.41) is 9.33. The average molecular weight is 259 g/mol.